The highest BCUT2D eigenvalue weighted by Crippen LogP contribution is 2.24. The molecule has 1 rings (SSSR count). The van der Waals surface area contributed by atoms with Crippen LogP contribution in [0.2, 0.25) is 0 Å². The number of nitrogens with zero attached hydrogens (tertiary/aromatic N) is 1. The van der Waals surface area contributed by atoms with Crippen molar-refractivity contribution in [3.63, 3.8) is 0 Å². The molecule has 1 amide bonds. The largest absolute Gasteiger partial charge is 0.481 e. The number of carboxylic acid groups (broad SMARTS) is 1. The van der Waals surface area contributed by atoms with Gasteiger partial charge in [0.2, 0.25) is 5.91 Å². The van der Waals surface area contributed by atoms with Gasteiger partial charge >= 0.3 is 5.97 Å². The van der Waals surface area contributed by atoms with Gasteiger partial charge in [-0.1, -0.05) is 27.2 Å². The van der Waals surface area contributed by atoms with Crippen LogP contribution in [0.1, 0.15) is 52.9 Å². The smallest absolute Gasteiger partial charge is 0.303 e. The molecule has 21 heavy (non-hydrogen) atoms. The molecule has 5 nitrogen and oxygen atoms in total. The summed E-state index contributed by atoms with van der Waals surface area (Å²) in [5.41, 5.74) is -0.494. The molecule has 5 heteroatoms. The SMILES string of the molecule is CC(CNC(=O)CC(C)(C)CC(=O)O)CN1CCCCC1. The summed E-state index contributed by atoms with van der Waals surface area (Å²) in [6.45, 7) is 9.82. The third-order valence-electron chi connectivity index (χ3n) is 3.94. The van der Waals surface area contributed by atoms with Gasteiger partial charge in [0.1, 0.15) is 0 Å². The zero-order valence-corrected chi connectivity index (χ0v) is 13.7. The summed E-state index contributed by atoms with van der Waals surface area (Å²) in [7, 11) is 0. The standard InChI is InChI=1S/C16H30N2O3/c1-13(12-18-7-5-4-6-8-18)11-17-14(19)9-16(2,3)10-15(20)21/h13H,4-12H2,1-3H3,(H,17,19)(H,20,21). The quantitative estimate of drug-likeness (QED) is 0.720. The molecule has 1 fully saturated rings. The number of rotatable bonds is 8. The van der Waals surface area contributed by atoms with E-state index in [9.17, 15) is 9.59 Å². The topological polar surface area (TPSA) is 69.6 Å². The monoisotopic (exact) mass is 298 g/mol. The highest BCUT2D eigenvalue weighted by molar-refractivity contribution is 5.77. The van der Waals surface area contributed by atoms with E-state index in [-0.39, 0.29) is 18.7 Å². The third-order valence-corrected chi connectivity index (χ3v) is 3.94. The van der Waals surface area contributed by atoms with Crippen molar-refractivity contribution in [2.24, 2.45) is 11.3 Å². The second-order valence-corrected chi connectivity index (χ2v) is 7.18. The number of aliphatic carboxylic acids is 1. The molecule has 0 aromatic carbocycles. The Morgan fingerprint density at radius 1 is 1.19 bits per heavy atom. The molecule has 1 aliphatic rings. The van der Waals surface area contributed by atoms with E-state index in [4.69, 9.17) is 5.11 Å². The first-order chi connectivity index (χ1) is 9.78. The molecule has 0 radical (unpaired) electrons. The van der Waals surface area contributed by atoms with Crippen molar-refractivity contribution in [2.75, 3.05) is 26.2 Å². The number of piperidine rings is 1. The lowest BCUT2D eigenvalue weighted by Crippen LogP contribution is -2.39. The van der Waals surface area contributed by atoms with Gasteiger partial charge in [-0.15, -0.1) is 0 Å². The Kier molecular flexibility index (Phi) is 7.15. The summed E-state index contributed by atoms with van der Waals surface area (Å²) in [5.74, 6) is -0.479. The van der Waals surface area contributed by atoms with Crippen LogP contribution in [0, 0.1) is 11.3 Å². The molecule has 0 aliphatic carbocycles. The molecular weight excluding hydrogens is 268 g/mol. The molecule has 1 aliphatic heterocycles. The van der Waals surface area contributed by atoms with Gasteiger partial charge in [-0.25, -0.2) is 0 Å². The Balaban J connectivity index is 2.23. The molecule has 0 spiro atoms. The van der Waals surface area contributed by atoms with Crippen molar-refractivity contribution in [3.8, 4) is 0 Å². The molecule has 2 N–H and O–H groups in total. The lowest BCUT2D eigenvalue weighted by atomic mass is 9.85. The van der Waals surface area contributed by atoms with Crippen LogP contribution in [0.15, 0.2) is 0 Å². The Morgan fingerprint density at radius 3 is 2.38 bits per heavy atom. The molecule has 1 atom stereocenters. The second kappa shape index (κ2) is 8.37. The maximum absolute atomic E-state index is 11.9. The molecule has 0 aromatic heterocycles. The van der Waals surface area contributed by atoms with Gasteiger partial charge in [-0.2, -0.15) is 0 Å². The van der Waals surface area contributed by atoms with Crippen LogP contribution >= 0.6 is 0 Å². The summed E-state index contributed by atoms with van der Waals surface area (Å²) in [4.78, 5) is 25.1. The number of amides is 1. The van der Waals surface area contributed by atoms with E-state index in [2.05, 4.69) is 17.1 Å². The first-order valence-electron chi connectivity index (χ1n) is 7.99. The van der Waals surface area contributed by atoms with Gasteiger partial charge in [0, 0.05) is 19.5 Å². The van der Waals surface area contributed by atoms with E-state index in [1.165, 1.54) is 32.4 Å². The zero-order chi connectivity index (χ0) is 15.9. The van der Waals surface area contributed by atoms with E-state index in [1.807, 2.05) is 13.8 Å². The fourth-order valence-electron chi connectivity index (χ4n) is 2.90. The van der Waals surface area contributed by atoms with Crippen molar-refractivity contribution in [2.45, 2.75) is 52.9 Å². The van der Waals surface area contributed by atoms with Crippen molar-refractivity contribution >= 4 is 11.9 Å². The van der Waals surface area contributed by atoms with Crippen LogP contribution in [-0.4, -0.2) is 48.1 Å². The minimum Gasteiger partial charge on any atom is -0.481 e. The summed E-state index contributed by atoms with van der Waals surface area (Å²) < 4.78 is 0. The number of carboxylic acids is 1. The maximum atomic E-state index is 11.9. The number of carbonyl (C=O) groups excluding carboxylic acids is 1. The second-order valence-electron chi connectivity index (χ2n) is 7.18. The van der Waals surface area contributed by atoms with E-state index >= 15 is 0 Å². The van der Waals surface area contributed by atoms with Gasteiger partial charge in [0.05, 0.1) is 6.42 Å². The van der Waals surface area contributed by atoms with E-state index in [0.717, 1.165) is 6.54 Å². The van der Waals surface area contributed by atoms with Gasteiger partial charge < -0.3 is 15.3 Å². The predicted octanol–water partition coefficient (Wildman–Crippen LogP) is 2.12. The number of carbonyl (C=O) groups is 2. The maximum Gasteiger partial charge on any atom is 0.303 e. The summed E-state index contributed by atoms with van der Waals surface area (Å²) in [6, 6.07) is 0. The van der Waals surface area contributed by atoms with E-state index < -0.39 is 11.4 Å². The number of likely N-dealkylation sites (tertiary alicyclic amines) is 1. The first-order valence-corrected chi connectivity index (χ1v) is 7.99. The van der Waals surface area contributed by atoms with Crippen LogP contribution in [0.3, 0.4) is 0 Å². The van der Waals surface area contributed by atoms with Crippen molar-refractivity contribution in [1.29, 1.82) is 0 Å². The summed E-state index contributed by atoms with van der Waals surface area (Å²) >= 11 is 0. The minimum atomic E-state index is -0.855. The Morgan fingerprint density at radius 2 is 1.81 bits per heavy atom. The van der Waals surface area contributed by atoms with Gasteiger partial charge in [-0.05, 0) is 37.3 Å². The first kappa shape index (κ1) is 18.0. The normalized spacial score (nSPS) is 18.2. The average Bonchev–Trinajstić information content (AvgIpc) is 2.35. The minimum absolute atomic E-state index is 0.0176. The molecule has 1 heterocycles. The highest BCUT2D eigenvalue weighted by atomic mass is 16.4. The highest BCUT2D eigenvalue weighted by Gasteiger charge is 2.25. The molecule has 0 saturated carbocycles. The Bertz CT molecular complexity index is 349. The number of nitrogens with one attached hydrogen (secondary N) is 1. The summed E-state index contributed by atoms with van der Waals surface area (Å²) in [6.07, 6.45) is 4.17. The van der Waals surface area contributed by atoms with Crippen LogP contribution < -0.4 is 5.32 Å². The van der Waals surface area contributed by atoms with Crippen molar-refractivity contribution in [1.82, 2.24) is 10.2 Å². The van der Waals surface area contributed by atoms with Crippen LogP contribution in [0.5, 0.6) is 0 Å². The lowest BCUT2D eigenvalue weighted by molar-refractivity contribution is -0.139. The van der Waals surface area contributed by atoms with Crippen molar-refractivity contribution < 1.29 is 14.7 Å². The van der Waals surface area contributed by atoms with Crippen LogP contribution in [0.4, 0.5) is 0 Å². The fourth-order valence-corrected chi connectivity index (χ4v) is 2.90. The number of hydrogen-bond acceptors (Lipinski definition) is 3. The van der Waals surface area contributed by atoms with Gasteiger partial charge in [0.25, 0.3) is 0 Å². The van der Waals surface area contributed by atoms with Gasteiger partial charge in [-0.3, -0.25) is 9.59 Å². The Hall–Kier alpha value is -1.10. The Labute approximate surface area is 128 Å². The van der Waals surface area contributed by atoms with E-state index in [0.29, 0.717) is 12.5 Å². The zero-order valence-electron chi connectivity index (χ0n) is 13.7. The van der Waals surface area contributed by atoms with Crippen LogP contribution in [0.25, 0.3) is 0 Å². The average molecular weight is 298 g/mol. The molecule has 122 valence electrons. The third kappa shape index (κ3) is 8.05. The van der Waals surface area contributed by atoms with Crippen LogP contribution in [-0.2, 0) is 9.59 Å². The fraction of sp³-hybridized carbons (Fsp3) is 0.875. The van der Waals surface area contributed by atoms with E-state index in [1.54, 1.807) is 0 Å². The summed E-state index contributed by atoms with van der Waals surface area (Å²) in [5, 5.41) is 11.8. The molecule has 0 aromatic rings. The molecule has 1 unspecified atom stereocenters. The molecule has 1 saturated heterocycles. The van der Waals surface area contributed by atoms with Crippen molar-refractivity contribution in [3.05, 3.63) is 0 Å². The number of hydrogen-bond donors (Lipinski definition) is 2. The molecular formula is C16H30N2O3. The molecule has 0 bridgehead atoms. The van der Waals surface area contributed by atoms with Gasteiger partial charge in [0.15, 0.2) is 0 Å². The predicted molar refractivity (Wildman–Crippen MR) is 83.1 cm³/mol. The lowest BCUT2D eigenvalue weighted by Gasteiger charge is -2.29.